The van der Waals surface area contributed by atoms with Crippen molar-refractivity contribution in [2.75, 3.05) is 25.2 Å². The van der Waals surface area contributed by atoms with Crippen LogP contribution in [-0.4, -0.2) is 32.3 Å². The van der Waals surface area contributed by atoms with Crippen LogP contribution in [0.3, 0.4) is 0 Å². The van der Waals surface area contributed by atoms with E-state index in [1.807, 2.05) is 0 Å². The van der Waals surface area contributed by atoms with E-state index in [0.29, 0.717) is 6.04 Å². The monoisotopic (exact) mass is 262 g/mol. The van der Waals surface area contributed by atoms with Crippen LogP contribution in [0.15, 0.2) is 18.2 Å². The molecule has 1 saturated carbocycles. The quantitative estimate of drug-likeness (QED) is 0.820. The molecular weight excluding hydrogens is 236 g/mol. The van der Waals surface area contributed by atoms with Crippen molar-refractivity contribution < 1.29 is 4.74 Å². The SMILES string of the molecule is COCCN(c1ccc(CC(C)N)cc1C)C1CC1. The van der Waals surface area contributed by atoms with Crippen LogP contribution in [0.5, 0.6) is 0 Å². The summed E-state index contributed by atoms with van der Waals surface area (Å²) >= 11 is 0. The van der Waals surface area contributed by atoms with Gasteiger partial charge >= 0.3 is 0 Å². The average Bonchev–Trinajstić information content (AvgIpc) is 3.15. The van der Waals surface area contributed by atoms with E-state index in [9.17, 15) is 0 Å². The number of benzene rings is 1. The predicted octanol–water partition coefficient (Wildman–Crippen LogP) is 2.50. The molecule has 0 heterocycles. The number of aryl methyl sites for hydroxylation is 1. The van der Waals surface area contributed by atoms with E-state index in [0.717, 1.165) is 19.6 Å². The second-order valence-corrected chi connectivity index (χ2v) is 5.72. The number of methoxy groups -OCH3 is 1. The molecular formula is C16H26N2O. The summed E-state index contributed by atoms with van der Waals surface area (Å²) in [5, 5.41) is 0. The fraction of sp³-hybridized carbons (Fsp3) is 0.625. The first-order valence-corrected chi connectivity index (χ1v) is 7.22. The van der Waals surface area contributed by atoms with Gasteiger partial charge < -0.3 is 15.4 Å². The van der Waals surface area contributed by atoms with Crippen molar-refractivity contribution in [2.24, 2.45) is 5.73 Å². The summed E-state index contributed by atoms with van der Waals surface area (Å²) in [5.74, 6) is 0. The van der Waals surface area contributed by atoms with Crippen molar-refractivity contribution in [3.63, 3.8) is 0 Å². The molecule has 1 aliphatic carbocycles. The van der Waals surface area contributed by atoms with Gasteiger partial charge in [0.25, 0.3) is 0 Å². The topological polar surface area (TPSA) is 38.5 Å². The molecule has 0 spiro atoms. The van der Waals surface area contributed by atoms with E-state index in [4.69, 9.17) is 10.5 Å². The van der Waals surface area contributed by atoms with Gasteiger partial charge in [0.15, 0.2) is 0 Å². The second-order valence-electron chi connectivity index (χ2n) is 5.72. The van der Waals surface area contributed by atoms with Gasteiger partial charge in [0.2, 0.25) is 0 Å². The molecule has 1 unspecified atom stereocenters. The number of nitrogens with two attached hydrogens (primary N) is 1. The zero-order valence-electron chi connectivity index (χ0n) is 12.4. The summed E-state index contributed by atoms with van der Waals surface area (Å²) in [6.07, 6.45) is 3.57. The Balaban J connectivity index is 2.13. The Morgan fingerprint density at radius 3 is 2.68 bits per heavy atom. The smallest absolute Gasteiger partial charge is 0.0637 e. The minimum absolute atomic E-state index is 0.221. The van der Waals surface area contributed by atoms with Crippen molar-refractivity contribution >= 4 is 5.69 Å². The lowest BCUT2D eigenvalue weighted by molar-refractivity contribution is 0.205. The van der Waals surface area contributed by atoms with E-state index in [1.165, 1.54) is 29.7 Å². The molecule has 3 nitrogen and oxygen atoms in total. The average molecular weight is 262 g/mol. The summed E-state index contributed by atoms with van der Waals surface area (Å²) < 4.78 is 5.23. The van der Waals surface area contributed by atoms with E-state index >= 15 is 0 Å². The maximum absolute atomic E-state index is 5.87. The molecule has 1 aromatic rings. The molecule has 0 amide bonds. The summed E-state index contributed by atoms with van der Waals surface area (Å²) in [7, 11) is 1.77. The number of rotatable bonds is 7. The highest BCUT2D eigenvalue weighted by molar-refractivity contribution is 5.56. The Hall–Kier alpha value is -1.06. The number of hydrogen-bond donors (Lipinski definition) is 1. The highest BCUT2D eigenvalue weighted by Gasteiger charge is 2.29. The zero-order chi connectivity index (χ0) is 13.8. The summed E-state index contributed by atoms with van der Waals surface area (Å²) in [5.41, 5.74) is 9.90. The van der Waals surface area contributed by atoms with E-state index < -0.39 is 0 Å². The van der Waals surface area contributed by atoms with Crippen LogP contribution >= 0.6 is 0 Å². The molecule has 0 saturated heterocycles. The van der Waals surface area contributed by atoms with Gasteiger partial charge in [-0.15, -0.1) is 0 Å². The Morgan fingerprint density at radius 2 is 2.16 bits per heavy atom. The van der Waals surface area contributed by atoms with Crippen LogP contribution in [0, 0.1) is 6.92 Å². The molecule has 1 atom stereocenters. The van der Waals surface area contributed by atoms with Crippen molar-refractivity contribution in [3.05, 3.63) is 29.3 Å². The minimum Gasteiger partial charge on any atom is -0.383 e. The Labute approximate surface area is 116 Å². The summed E-state index contributed by atoms with van der Waals surface area (Å²) in [6.45, 7) is 6.02. The zero-order valence-corrected chi connectivity index (χ0v) is 12.4. The van der Waals surface area contributed by atoms with Gasteiger partial charge in [-0.05, 0) is 50.3 Å². The molecule has 1 aliphatic rings. The lowest BCUT2D eigenvalue weighted by Crippen LogP contribution is -2.30. The number of hydrogen-bond acceptors (Lipinski definition) is 3. The number of nitrogens with zero attached hydrogens (tertiary/aromatic N) is 1. The van der Waals surface area contributed by atoms with E-state index in [2.05, 4.69) is 36.9 Å². The molecule has 106 valence electrons. The molecule has 1 fully saturated rings. The normalized spacial score (nSPS) is 16.4. The van der Waals surface area contributed by atoms with Crippen LogP contribution in [0.4, 0.5) is 5.69 Å². The van der Waals surface area contributed by atoms with Crippen LogP contribution in [-0.2, 0) is 11.2 Å². The van der Waals surface area contributed by atoms with E-state index in [1.54, 1.807) is 7.11 Å². The molecule has 2 rings (SSSR count). The van der Waals surface area contributed by atoms with Gasteiger partial charge in [0, 0.05) is 31.4 Å². The fourth-order valence-corrected chi connectivity index (χ4v) is 2.61. The molecule has 2 N–H and O–H groups in total. The molecule has 0 aromatic heterocycles. The number of anilines is 1. The summed E-state index contributed by atoms with van der Waals surface area (Å²) in [6, 6.07) is 7.68. The molecule has 1 aromatic carbocycles. The van der Waals surface area contributed by atoms with Crippen molar-refractivity contribution in [2.45, 2.75) is 45.2 Å². The van der Waals surface area contributed by atoms with Gasteiger partial charge in [-0.3, -0.25) is 0 Å². The van der Waals surface area contributed by atoms with Crippen molar-refractivity contribution in [1.29, 1.82) is 0 Å². The molecule has 19 heavy (non-hydrogen) atoms. The third kappa shape index (κ3) is 3.95. The predicted molar refractivity (Wildman–Crippen MR) is 80.8 cm³/mol. The highest BCUT2D eigenvalue weighted by atomic mass is 16.5. The first-order valence-electron chi connectivity index (χ1n) is 7.22. The third-order valence-corrected chi connectivity index (χ3v) is 3.65. The molecule has 3 heteroatoms. The Morgan fingerprint density at radius 1 is 1.42 bits per heavy atom. The first kappa shape index (κ1) is 14.4. The molecule has 0 radical (unpaired) electrons. The van der Waals surface area contributed by atoms with Crippen LogP contribution in [0.25, 0.3) is 0 Å². The highest BCUT2D eigenvalue weighted by Crippen LogP contribution is 2.33. The first-order chi connectivity index (χ1) is 9.11. The van der Waals surface area contributed by atoms with Gasteiger partial charge in [-0.25, -0.2) is 0 Å². The third-order valence-electron chi connectivity index (χ3n) is 3.65. The van der Waals surface area contributed by atoms with Crippen LogP contribution in [0.1, 0.15) is 30.9 Å². The maximum atomic E-state index is 5.87. The standard InChI is InChI=1S/C16H26N2O/c1-12-10-14(11-13(2)17)4-7-16(12)18(8-9-19-3)15-5-6-15/h4,7,10,13,15H,5-6,8-9,11,17H2,1-3H3. The fourth-order valence-electron chi connectivity index (χ4n) is 2.61. The van der Waals surface area contributed by atoms with Crippen LogP contribution < -0.4 is 10.6 Å². The van der Waals surface area contributed by atoms with Crippen LogP contribution in [0.2, 0.25) is 0 Å². The second kappa shape index (κ2) is 6.40. The van der Waals surface area contributed by atoms with Crippen molar-refractivity contribution in [3.8, 4) is 0 Å². The number of ether oxygens (including phenoxy) is 1. The maximum Gasteiger partial charge on any atom is 0.0637 e. The minimum atomic E-state index is 0.221. The van der Waals surface area contributed by atoms with Gasteiger partial charge in [-0.1, -0.05) is 12.1 Å². The summed E-state index contributed by atoms with van der Waals surface area (Å²) in [4.78, 5) is 2.49. The Kier molecular flexibility index (Phi) is 4.83. The molecule has 0 bridgehead atoms. The van der Waals surface area contributed by atoms with Crippen molar-refractivity contribution in [1.82, 2.24) is 0 Å². The van der Waals surface area contributed by atoms with Gasteiger partial charge in [-0.2, -0.15) is 0 Å². The van der Waals surface area contributed by atoms with E-state index in [-0.39, 0.29) is 6.04 Å². The van der Waals surface area contributed by atoms with Gasteiger partial charge in [0.1, 0.15) is 0 Å². The Bertz CT molecular complexity index is 413. The lowest BCUT2D eigenvalue weighted by atomic mass is 10.0. The lowest BCUT2D eigenvalue weighted by Gasteiger charge is -2.26. The molecule has 0 aliphatic heterocycles. The largest absolute Gasteiger partial charge is 0.383 e. The van der Waals surface area contributed by atoms with Gasteiger partial charge in [0.05, 0.1) is 6.61 Å².